The zero-order chi connectivity index (χ0) is 22.8. The van der Waals surface area contributed by atoms with Crippen molar-refractivity contribution in [3.8, 4) is 11.1 Å². The smallest absolute Gasteiger partial charge is 0.251 e. The fourth-order valence-corrected chi connectivity index (χ4v) is 4.70. The lowest BCUT2D eigenvalue weighted by Gasteiger charge is -2.34. The summed E-state index contributed by atoms with van der Waals surface area (Å²) in [6.07, 6.45) is 1.82. The monoisotopic (exact) mass is 438 g/mol. The average Bonchev–Trinajstić information content (AvgIpc) is 3.25. The average molecular weight is 439 g/mol. The number of fused-ring (bicyclic) bond motifs is 1. The van der Waals surface area contributed by atoms with Gasteiger partial charge in [-0.1, -0.05) is 54.6 Å². The summed E-state index contributed by atoms with van der Waals surface area (Å²) in [5.74, 6) is 1.04. The number of para-hydroxylation sites is 2. The number of amides is 1. The molecule has 0 spiro atoms. The fraction of sp³-hybridized carbons (Fsp3) is 0.286. The third-order valence-electron chi connectivity index (χ3n) is 6.46. The van der Waals surface area contributed by atoms with Crippen LogP contribution in [0.3, 0.4) is 0 Å². The summed E-state index contributed by atoms with van der Waals surface area (Å²) in [5, 5.41) is 3.24. The van der Waals surface area contributed by atoms with Crippen molar-refractivity contribution < 1.29 is 4.79 Å². The van der Waals surface area contributed by atoms with Crippen LogP contribution in [0.25, 0.3) is 22.2 Å². The van der Waals surface area contributed by atoms with Crippen LogP contribution in [0.15, 0.2) is 78.9 Å². The zero-order valence-corrected chi connectivity index (χ0v) is 19.2. The number of anilines is 1. The molecule has 1 aliphatic rings. The Morgan fingerprint density at radius 2 is 1.52 bits per heavy atom. The van der Waals surface area contributed by atoms with Crippen molar-refractivity contribution in [3.63, 3.8) is 0 Å². The van der Waals surface area contributed by atoms with Gasteiger partial charge in [-0.15, -0.1) is 0 Å². The number of nitrogens with zero attached hydrogens (tertiary/aromatic N) is 3. The van der Waals surface area contributed by atoms with E-state index in [-0.39, 0.29) is 11.9 Å². The molecule has 0 unspecified atom stereocenters. The molecular formula is C28H30N4O. The number of hydrogen-bond donors (Lipinski definition) is 1. The summed E-state index contributed by atoms with van der Waals surface area (Å²) in [4.78, 5) is 20.1. The maximum absolute atomic E-state index is 12.8. The maximum Gasteiger partial charge on any atom is 0.251 e. The van der Waals surface area contributed by atoms with E-state index in [1.54, 1.807) is 0 Å². The summed E-state index contributed by atoms with van der Waals surface area (Å²) in [7, 11) is 0. The van der Waals surface area contributed by atoms with Crippen LogP contribution in [-0.4, -0.2) is 34.6 Å². The standard InChI is InChI=1S/C28H30N4O/c1-20(2)32-26-11-7-6-10-25(26)30-28(32)31-18-16-24(17-19-31)29-27(33)23-14-12-22(13-15-23)21-8-4-3-5-9-21/h3-15,20,24H,16-19H2,1-2H3,(H,29,33). The third-order valence-corrected chi connectivity index (χ3v) is 6.46. The zero-order valence-electron chi connectivity index (χ0n) is 19.2. The minimum absolute atomic E-state index is 0.00230. The van der Waals surface area contributed by atoms with Crippen LogP contribution in [0.5, 0.6) is 0 Å². The van der Waals surface area contributed by atoms with Crippen molar-refractivity contribution in [2.24, 2.45) is 0 Å². The van der Waals surface area contributed by atoms with Crippen molar-refractivity contribution >= 4 is 22.9 Å². The number of aromatic nitrogens is 2. The highest BCUT2D eigenvalue weighted by atomic mass is 16.1. The molecule has 0 bridgehead atoms. The van der Waals surface area contributed by atoms with E-state index in [4.69, 9.17) is 4.98 Å². The number of nitrogens with one attached hydrogen (secondary N) is 1. The van der Waals surface area contributed by atoms with Crippen molar-refractivity contribution in [1.82, 2.24) is 14.9 Å². The molecule has 5 heteroatoms. The van der Waals surface area contributed by atoms with Gasteiger partial charge < -0.3 is 14.8 Å². The molecule has 0 aliphatic carbocycles. The highest BCUT2D eigenvalue weighted by Gasteiger charge is 2.25. The van der Waals surface area contributed by atoms with E-state index in [1.165, 1.54) is 5.52 Å². The molecule has 168 valence electrons. The summed E-state index contributed by atoms with van der Waals surface area (Å²) in [6.45, 7) is 6.17. The molecule has 0 atom stereocenters. The van der Waals surface area contributed by atoms with Crippen LogP contribution in [0, 0.1) is 0 Å². The second-order valence-corrected chi connectivity index (χ2v) is 9.04. The fourth-order valence-electron chi connectivity index (χ4n) is 4.70. The topological polar surface area (TPSA) is 50.2 Å². The van der Waals surface area contributed by atoms with E-state index in [9.17, 15) is 4.79 Å². The molecule has 5 rings (SSSR count). The van der Waals surface area contributed by atoms with E-state index in [2.05, 4.69) is 59.0 Å². The number of carbonyl (C=O) groups excluding carboxylic acids is 1. The van der Waals surface area contributed by atoms with Gasteiger partial charge in [0.05, 0.1) is 11.0 Å². The first-order valence-corrected chi connectivity index (χ1v) is 11.8. The van der Waals surface area contributed by atoms with Crippen molar-refractivity contribution in [2.45, 2.75) is 38.8 Å². The first-order chi connectivity index (χ1) is 16.1. The molecular weight excluding hydrogens is 408 g/mol. The second kappa shape index (κ2) is 9.10. The lowest BCUT2D eigenvalue weighted by molar-refractivity contribution is 0.0931. The highest BCUT2D eigenvalue weighted by molar-refractivity contribution is 5.95. The number of hydrogen-bond acceptors (Lipinski definition) is 3. The van der Waals surface area contributed by atoms with Crippen LogP contribution in [0.4, 0.5) is 5.95 Å². The van der Waals surface area contributed by atoms with Gasteiger partial charge >= 0.3 is 0 Å². The van der Waals surface area contributed by atoms with Gasteiger partial charge in [0, 0.05) is 30.7 Å². The summed E-state index contributed by atoms with van der Waals surface area (Å²) < 4.78 is 2.32. The molecule has 5 nitrogen and oxygen atoms in total. The van der Waals surface area contributed by atoms with Crippen LogP contribution in [0.1, 0.15) is 43.1 Å². The van der Waals surface area contributed by atoms with Crippen molar-refractivity contribution in [2.75, 3.05) is 18.0 Å². The van der Waals surface area contributed by atoms with Crippen LogP contribution >= 0.6 is 0 Å². The Labute approximate surface area is 195 Å². The third kappa shape index (κ3) is 4.36. The molecule has 0 saturated carbocycles. The lowest BCUT2D eigenvalue weighted by atomic mass is 10.0. The largest absolute Gasteiger partial charge is 0.349 e. The molecule has 1 aromatic heterocycles. The van der Waals surface area contributed by atoms with Gasteiger partial charge in [-0.05, 0) is 62.1 Å². The second-order valence-electron chi connectivity index (χ2n) is 9.04. The molecule has 0 radical (unpaired) electrons. The van der Waals surface area contributed by atoms with Gasteiger partial charge in [0.1, 0.15) is 0 Å². The minimum Gasteiger partial charge on any atom is -0.349 e. The summed E-state index contributed by atoms with van der Waals surface area (Å²) in [5.41, 5.74) is 5.20. The summed E-state index contributed by atoms with van der Waals surface area (Å²) >= 11 is 0. The summed E-state index contributed by atoms with van der Waals surface area (Å²) in [6, 6.07) is 26.9. The Kier molecular flexibility index (Phi) is 5.86. The van der Waals surface area contributed by atoms with E-state index in [1.807, 2.05) is 48.5 Å². The maximum atomic E-state index is 12.8. The highest BCUT2D eigenvalue weighted by Crippen LogP contribution is 2.28. The molecule has 33 heavy (non-hydrogen) atoms. The number of carbonyl (C=O) groups is 1. The normalized spacial score (nSPS) is 14.7. The van der Waals surface area contributed by atoms with Gasteiger partial charge in [-0.2, -0.15) is 0 Å². The Bertz CT molecular complexity index is 1240. The van der Waals surface area contributed by atoms with Gasteiger partial charge in [-0.25, -0.2) is 4.98 Å². The van der Waals surface area contributed by atoms with Crippen LogP contribution in [0.2, 0.25) is 0 Å². The molecule has 1 saturated heterocycles. The van der Waals surface area contributed by atoms with E-state index in [0.29, 0.717) is 11.6 Å². The molecule has 1 N–H and O–H groups in total. The van der Waals surface area contributed by atoms with Gasteiger partial charge in [0.15, 0.2) is 0 Å². The Hall–Kier alpha value is -3.60. The van der Waals surface area contributed by atoms with Gasteiger partial charge in [0.2, 0.25) is 5.95 Å². The Morgan fingerprint density at radius 3 is 2.21 bits per heavy atom. The predicted octanol–water partition coefficient (Wildman–Crippen LogP) is 5.68. The quantitative estimate of drug-likeness (QED) is 0.436. The van der Waals surface area contributed by atoms with Gasteiger partial charge in [0.25, 0.3) is 5.91 Å². The van der Waals surface area contributed by atoms with E-state index < -0.39 is 0 Å². The number of imidazole rings is 1. The molecule has 1 aliphatic heterocycles. The molecule has 3 aromatic carbocycles. The molecule has 1 amide bonds. The minimum atomic E-state index is 0.00230. The van der Waals surface area contributed by atoms with Crippen LogP contribution in [-0.2, 0) is 0 Å². The Balaban J connectivity index is 1.23. The number of piperidine rings is 1. The first kappa shape index (κ1) is 21.3. The molecule has 2 heterocycles. The SMILES string of the molecule is CC(C)n1c(N2CCC(NC(=O)c3ccc(-c4ccccc4)cc3)CC2)nc2ccccc21. The lowest BCUT2D eigenvalue weighted by Crippen LogP contribution is -2.45. The van der Waals surface area contributed by atoms with Crippen LogP contribution < -0.4 is 10.2 Å². The van der Waals surface area contributed by atoms with E-state index >= 15 is 0 Å². The Morgan fingerprint density at radius 1 is 0.879 bits per heavy atom. The number of benzene rings is 3. The molecule has 4 aromatic rings. The predicted molar refractivity (Wildman–Crippen MR) is 135 cm³/mol. The molecule has 1 fully saturated rings. The van der Waals surface area contributed by atoms with Crippen molar-refractivity contribution in [1.29, 1.82) is 0 Å². The van der Waals surface area contributed by atoms with Gasteiger partial charge in [-0.3, -0.25) is 4.79 Å². The number of rotatable bonds is 5. The van der Waals surface area contributed by atoms with Crippen molar-refractivity contribution in [3.05, 3.63) is 84.4 Å². The first-order valence-electron chi connectivity index (χ1n) is 11.8. The van der Waals surface area contributed by atoms with E-state index in [0.717, 1.165) is 48.5 Å².